The maximum atomic E-state index is 11.1. The van der Waals surface area contributed by atoms with Gasteiger partial charge in [0.1, 0.15) is 5.56 Å². The number of benzene rings is 1. The highest BCUT2D eigenvalue weighted by Crippen LogP contribution is 2.31. The SMILES string of the molecule is O=C(O)c1cccc([N+](=O)[O-])c1OCCCC1CCCO1. The van der Waals surface area contributed by atoms with Gasteiger partial charge in [0.15, 0.2) is 0 Å². The number of carbonyl (C=O) groups is 1. The molecule has 1 saturated heterocycles. The summed E-state index contributed by atoms with van der Waals surface area (Å²) in [7, 11) is 0. The minimum absolute atomic E-state index is 0.178. The molecular weight excluding hydrogens is 278 g/mol. The molecule has 0 saturated carbocycles. The van der Waals surface area contributed by atoms with Crippen LogP contribution in [0.2, 0.25) is 0 Å². The molecule has 1 aromatic carbocycles. The van der Waals surface area contributed by atoms with Gasteiger partial charge in [0, 0.05) is 12.7 Å². The molecule has 0 bridgehead atoms. The topological polar surface area (TPSA) is 98.9 Å². The summed E-state index contributed by atoms with van der Waals surface area (Å²) < 4.78 is 10.8. The van der Waals surface area contributed by atoms with E-state index in [2.05, 4.69) is 0 Å². The smallest absolute Gasteiger partial charge is 0.339 e. The van der Waals surface area contributed by atoms with Gasteiger partial charge < -0.3 is 14.6 Å². The Hall–Kier alpha value is -2.15. The molecule has 7 nitrogen and oxygen atoms in total. The third-order valence-electron chi connectivity index (χ3n) is 3.36. The van der Waals surface area contributed by atoms with Crippen molar-refractivity contribution < 1.29 is 24.3 Å². The van der Waals surface area contributed by atoms with E-state index < -0.39 is 10.9 Å². The molecule has 1 unspecified atom stereocenters. The lowest BCUT2D eigenvalue weighted by Crippen LogP contribution is -2.10. The zero-order chi connectivity index (χ0) is 15.2. The molecule has 1 heterocycles. The standard InChI is InChI=1S/C14H17NO6/c16-14(17)11-6-1-7-12(15(18)19)13(11)21-9-3-5-10-4-2-8-20-10/h1,6-7,10H,2-5,8-9H2,(H,16,17). The van der Waals surface area contributed by atoms with Crippen LogP contribution in [0.3, 0.4) is 0 Å². The van der Waals surface area contributed by atoms with E-state index in [1.165, 1.54) is 18.2 Å². The van der Waals surface area contributed by atoms with Crippen molar-refractivity contribution in [3.8, 4) is 5.75 Å². The fourth-order valence-electron chi connectivity index (χ4n) is 2.35. The number of aromatic carboxylic acids is 1. The molecule has 1 N–H and O–H groups in total. The van der Waals surface area contributed by atoms with Crippen molar-refractivity contribution in [3.05, 3.63) is 33.9 Å². The summed E-state index contributed by atoms with van der Waals surface area (Å²) >= 11 is 0. The van der Waals surface area contributed by atoms with Crippen LogP contribution >= 0.6 is 0 Å². The fourth-order valence-corrected chi connectivity index (χ4v) is 2.35. The lowest BCUT2D eigenvalue weighted by Gasteiger charge is -2.11. The summed E-state index contributed by atoms with van der Waals surface area (Å²) in [5.74, 6) is -1.42. The first-order valence-corrected chi connectivity index (χ1v) is 6.84. The quantitative estimate of drug-likeness (QED) is 0.471. The van der Waals surface area contributed by atoms with E-state index in [4.69, 9.17) is 14.6 Å². The van der Waals surface area contributed by atoms with Crippen molar-refractivity contribution in [1.82, 2.24) is 0 Å². The number of nitro groups is 1. The van der Waals surface area contributed by atoms with E-state index in [1.807, 2.05) is 0 Å². The molecule has 1 fully saturated rings. The molecule has 21 heavy (non-hydrogen) atoms. The van der Waals surface area contributed by atoms with E-state index in [1.54, 1.807) is 0 Å². The first kappa shape index (κ1) is 15.2. The third-order valence-corrected chi connectivity index (χ3v) is 3.36. The van der Waals surface area contributed by atoms with E-state index in [0.717, 1.165) is 25.9 Å². The number of nitro benzene ring substituents is 1. The Morgan fingerprint density at radius 1 is 1.52 bits per heavy atom. The van der Waals surface area contributed by atoms with E-state index in [9.17, 15) is 14.9 Å². The van der Waals surface area contributed by atoms with Gasteiger partial charge in [0.2, 0.25) is 5.75 Å². The first-order chi connectivity index (χ1) is 10.1. The Labute approximate surface area is 121 Å². The van der Waals surface area contributed by atoms with Gasteiger partial charge in [-0.3, -0.25) is 10.1 Å². The Morgan fingerprint density at radius 2 is 2.33 bits per heavy atom. The zero-order valence-electron chi connectivity index (χ0n) is 11.5. The minimum Gasteiger partial charge on any atom is -0.486 e. The van der Waals surface area contributed by atoms with Crippen molar-refractivity contribution in [3.63, 3.8) is 0 Å². The summed E-state index contributed by atoms with van der Waals surface area (Å²) in [5.41, 5.74) is -0.520. The number of hydrogen-bond donors (Lipinski definition) is 1. The van der Waals surface area contributed by atoms with Crippen molar-refractivity contribution in [2.75, 3.05) is 13.2 Å². The molecular formula is C14H17NO6. The predicted octanol–water partition coefficient (Wildman–Crippen LogP) is 2.63. The summed E-state index contributed by atoms with van der Waals surface area (Å²) in [5, 5.41) is 20.0. The van der Waals surface area contributed by atoms with Gasteiger partial charge in [-0.25, -0.2) is 4.79 Å². The van der Waals surface area contributed by atoms with Crippen LogP contribution in [0.5, 0.6) is 5.75 Å². The molecule has 114 valence electrons. The predicted molar refractivity (Wildman–Crippen MR) is 73.8 cm³/mol. The number of carboxylic acids is 1. The third kappa shape index (κ3) is 3.91. The Bertz CT molecular complexity index is 492. The van der Waals surface area contributed by atoms with Crippen molar-refractivity contribution in [2.24, 2.45) is 0 Å². The van der Waals surface area contributed by atoms with Crippen molar-refractivity contribution >= 4 is 11.7 Å². The summed E-state index contributed by atoms with van der Waals surface area (Å²) in [4.78, 5) is 21.4. The second kappa shape index (κ2) is 7.03. The van der Waals surface area contributed by atoms with Crippen LogP contribution < -0.4 is 4.74 Å². The second-order valence-corrected chi connectivity index (χ2v) is 4.84. The fraction of sp³-hybridized carbons (Fsp3) is 0.500. The molecule has 0 amide bonds. The molecule has 2 rings (SSSR count). The maximum absolute atomic E-state index is 11.1. The van der Waals surface area contributed by atoms with Crippen molar-refractivity contribution in [2.45, 2.75) is 31.8 Å². The van der Waals surface area contributed by atoms with Gasteiger partial charge in [-0.15, -0.1) is 0 Å². The van der Waals surface area contributed by atoms with E-state index >= 15 is 0 Å². The monoisotopic (exact) mass is 295 g/mol. The minimum atomic E-state index is -1.24. The van der Waals surface area contributed by atoms with E-state index in [0.29, 0.717) is 6.42 Å². The number of carboxylic acid groups (broad SMARTS) is 1. The average Bonchev–Trinajstić information content (AvgIpc) is 2.96. The molecule has 0 radical (unpaired) electrons. The Balaban J connectivity index is 1.99. The first-order valence-electron chi connectivity index (χ1n) is 6.84. The molecule has 0 aromatic heterocycles. The molecule has 1 aromatic rings. The van der Waals surface area contributed by atoms with Crippen LogP contribution in [0, 0.1) is 10.1 Å². The van der Waals surface area contributed by atoms with Crippen molar-refractivity contribution in [1.29, 1.82) is 0 Å². The highest BCUT2D eigenvalue weighted by molar-refractivity contribution is 5.92. The molecule has 0 aliphatic carbocycles. The molecule has 1 atom stereocenters. The molecule has 0 spiro atoms. The van der Waals surface area contributed by atoms with Gasteiger partial charge in [0.05, 0.1) is 17.6 Å². The summed E-state index contributed by atoms with van der Waals surface area (Å²) in [6.07, 6.45) is 3.77. The molecule has 1 aliphatic rings. The largest absolute Gasteiger partial charge is 0.486 e. The maximum Gasteiger partial charge on any atom is 0.339 e. The summed E-state index contributed by atoms with van der Waals surface area (Å²) in [6.45, 7) is 1.00. The second-order valence-electron chi connectivity index (χ2n) is 4.84. The highest BCUT2D eigenvalue weighted by Gasteiger charge is 2.23. The average molecular weight is 295 g/mol. The van der Waals surface area contributed by atoms with Crippen LogP contribution in [0.1, 0.15) is 36.0 Å². The van der Waals surface area contributed by atoms with E-state index in [-0.39, 0.29) is 29.7 Å². The number of nitrogens with zero attached hydrogens (tertiary/aromatic N) is 1. The zero-order valence-corrected chi connectivity index (χ0v) is 11.5. The number of hydrogen-bond acceptors (Lipinski definition) is 5. The highest BCUT2D eigenvalue weighted by atomic mass is 16.6. The lowest BCUT2D eigenvalue weighted by atomic mass is 10.1. The number of para-hydroxylation sites is 1. The molecule has 7 heteroatoms. The van der Waals surface area contributed by atoms with Gasteiger partial charge in [-0.05, 0) is 31.7 Å². The van der Waals surface area contributed by atoms with Crippen LogP contribution in [-0.2, 0) is 4.74 Å². The Morgan fingerprint density at radius 3 is 2.95 bits per heavy atom. The van der Waals surface area contributed by atoms with Crippen LogP contribution in [0.4, 0.5) is 5.69 Å². The lowest BCUT2D eigenvalue weighted by molar-refractivity contribution is -0.385. The summed E-state index contributed by atoms with van der Waals surface area (Å²) in [6, 6.07) is 3.87. The van der Waals surface area contributed by atoms with Gasteiger partial charge in [-0.2, -0.15) is 0 Å². The van der Waals surface area contributed by atoms with Gasteiger partial charge in [0.25, 0.3) is 0 Å². The number of rotatable bonds is 7. The van der Waals surface area contributed by atoms with Gasteiger partial charge >= 0.3 is 11.7 Å². The number of ether oxygens (including phenoxy) is 2. The van der Waals surface area contributed by atoms with Crippen LogP contribution in [0.25, 0.3) is 0 Å². The van der Waals surface area contributed by atoms with Crippen LogP contribution in [-0.4, -0.2) is 35.3 Å². The molecule has 1 aliphatic heterocycles. The normalized spacial score (nSPS) is 17.6. The van der Waals surface area contributed by atoms with Crippen LogP contribution in [0.15, 0.2) is 18.2 Å². The Kier molecular flexibility index (Phi) is 5.10. The van der Waals surface area contributed by atoms with Gasteiger partial charge in [-0.1, -0.05) is 6.07 Å².